The van der Waals surface area contributed by atoms with Crippen molar-refractivity contribution in [3.8, 4) is 0 Å². The Labute approximate surface area is 75.0 Å². The molecule has 1 aromatic heterocycles. The molecule has 0 spiro atoms. The van der Waals surface area contributed by atoms with E-state index in [2.05, 4.69) is 5.10 Å². The van der Waals surface area contributed by atoms with Crippen LogP contribution < -0.4 is 4.84 Å². The van der Waals surface area contributed by atoms with Gasteiger partial charge in [0, 0.05) is 0 Å². The van der Waals surface area contributed by atoms with Crippen LogP contribution in [0.4, 0.5) is 0 Å². The van der Waals surface area contributed by atoms with E-state index in [1.54, 1.807) is 13.8 Å². The molecule has 0 radical (unpaired) electrons. The van der Waals surface area contributed by atoms with Crippen molar-refractivity contribution in [2.75, 3.05) is 0 Å². The largest absolute Gasteiger partial charge is 0.337 e. The number of halogens is 1. The molecule has 0 aliphatic heterocycles. The monoisotopic (exact) mass is 188 g/mol. The Bertz CT molecular complexity index is 283. The summed E-state index contributed by atoms with van der Waals surface area (Å²) in [6.45, 7) is 3.47. The summed E-state index contributed by atoms with van der Waals surface area (Å²) in [5.74, 6) is -0.550. The van der Waals surface area contributed by atoms with E-state index >= 15 is 0 Å². The number of carbonyl (C=O) groups excluding carboxylic acids is 1. The van der Waals surface area contributed by atoms with Crippen LogP contribution in [0.2, 0.25) is 5.15 Å². The van der Waals surface area contributed by atoms with Gasteiger partial charge in [-0.05, 0) is 6.07 Å². The molecule has 4 nitrogen and oxygen atoms in total. The highest BCUT2D eigenvalue weighted by atomic mass is 35.5. The highest BCUT2D eigenvalue weighted by molar-refractivity contribution is 6.29. The number of rotatable bonds is 2. The van der Waals surface area contributed by atoms with E-state index in [4.69, 9.17) is 16.4 Å². The van der Waals surface area contributed by atoms with Gasteiger partial charge < -0.3 is 4.84 Å². The SMILES string of the molecule is CC(C)C(=O)On1nccc1Cl. The molecule has 0 atom stereocenters. The molecular formula is C7H9ClN2O2. The second-order valence-electron chi connectivity index (χ2n) is 2.59. The van der Waals surface area contributed by atoms with Crippen molar-refractivity contribution >= 4 is 17.6 Å². The van der Waals surface area contributed by atoms with E-state index in [0.29, 0.717) is 0 Å². The zero-order chi connectivity index (χ0) is 9.14. The second-order valence-corrected chi connectivity index (χ2v) is 2.98. The Morgan fingerprint density at radius 1 is 1.75 bits per heavy atom. The molecule has 0 aromatic carbocycles. The van der Waals surface area contributed by atoms with Crippen molar-refractivity contribution in [1.29, 1.82) is 0 Å². The Morgan fingerprint density at radius 2 is 2.42 bits per heavy atom. The Kier molecular flexibility index (Phi) is 2.70. The average Bonchev–Trinajstić information content (AvgIpc) is 2.36. The van der Waals surface area contributed by atoms with Crippen molar-refractivity contribution in [1.82, 2.24) is 9.94 Å². The average molecular weight is 189 g/mol. The zero-order valence-electron chi connectivity index (χ0n) is 6.82. The molecule has 0 saturated heterocycles. The maximum absolute atomic E-state index is 11.0. The molecule has 66 valence electrons. The molecule has 0 amide bonds. The minimum atomic E-state index is -0.361. The molecule has 12 heavy (non-hydrogen) atoms. The lowest BCUT2D eigenvalue weighted by Gasteiger charge is -2.05. The maximum Gasteiger partial charge on any atom is 0.337 e. The van der Waals surface area contributed by atoms with Crippen LogP contribution in [0.15, 0.2) is 12.3 Å². The van der Waals surface area contributed by atoms with Crippen LogP contribution >= 0.6 is 11.6 Å². The van der Waals surface area contributed by atoms with E-state index in [-0.39, 0.29) is 17.0 Å². The lowest BCUT2D eigenvalue weighted by Crippen LogP contribution is -2.24. The molecule has 0 fully saturated rings. The molecule has 0 saturated carbocycles. The summed E-state index contributed by atoms with van der Waals surface area (Å²) in [4.78, 5) is 16.8. The third kappa shape index (κ3) is 1.98. The van der Waals surface area contributed by atoms with Gasteiger partial charge in [0.15, 0.2) is 5.15 Å². The number of carbonyl (C=O) groups is 1. The highest BCUT2D eigenvalue weighted by Crippen LogP contribution is 2.04. The van der Waals surface area contributed by atoms with Gasteiger partial charge in [0.2, 0.25) is 0 Å². The molecule has 5 heteroatoms. The Balaban J connectivity index is 2.64. The predicted molar refractivity (Wildman–Crippen MR) is 43.7 cm³/mol. The summed E-state index contributed by atoms with van der Waals surface area (Å²) < 4.78 is 0. The van der Waals surface area contributed by atoms with Gasteiger partial charge >= 0.3 is 5.97 Å². The van der Waals surface area contributed by atoms with E-state index in [9.17, 15) is 4.79 Å². The molecule has 1 heterocycles. The summed E-state index contributed by atoms with van der Waals surface area (Å²) in [5.41, 5.74) is 0. The van der Waals surface area contributed by atoms with Gasteiger partial charge in [-0.15, -0.1) is 5.10 Å². The molecule has 0 unspecified atom stereocenters. The topological polar surface area (TPSA) is 44.1 Å². The summed E-state index contributed by atoms with van der Waals surface area (Å²) in [6.07, 6.45) is 1.45. The summed E-state index contributed by atoms with van der Waals surface area (Å²) in [6, 6.07) is 1.54. The summed E-state index contributed by atoms with van der Waals surface area (Å²) in [7, 11) is 0. The second kappa shape index (κ2) is 3.58. The minimum absolute atomic E-state index is 0.190. The van der Waals surface area contributed by atoms with Gasteiger partial charge in [-0.1, -0.05) is 30.3 Å². The number of hydrogen-bond acceptors (Lipinski definition) is 3. The fourth-order valence-corrected chi connectivity index (χ4v) is 0.667. The molecule has 0 aliphatic carbocycles. The molecular weight excluding hydrogens is 180 g/mol. The third-order valence-electron chi connectivity index (χ3n) is 1.21. The van der Waals surface area contributed by atoms with Crippen LogP contribution in [0.5, 0.6) is 0 Å². The molecule has 0 bridgehead atoms. The van der Waals surface area contributed by atoms with Crippen LogP contribution in [-0.4, -0.2) is 15.9 Å². The predicted octanol–water partition coefficient (Wildman–Crippen LogP) is 1.15. The van der Waals surface area contributed by atoms with Crippen LogP contribution in [0.3, 0.4) is 0 Å². The minimum Gasteiger partial charge on any atom is -0.318 e. The Morgan fingerprint density at radius 3 is 2.83 bits per heavy atom. The molecule has 0 aliphatic rings. The van der Waals surface area contributed by atoms with E-state index in [0.717, 1.165) is 4.85 Å². The normalized spacial score (nSPS) is 10.3. The smallest absolute Gasteiger partial charge is 0.318 e. The number of hydrogen-bond donors (Lipinski definition) is 0. The fraction of sp³-hybridized carbons (Fsp3) is 0.429. The summed E-state index contributed by atoms with van der Waals surface area (Å²) >= 11 is 5.61. The Hall–Kier alpha value is -1.03. The highest BCUT2D eigenvalue weighted by Gasteiger charge is 2.11. The quantitative estimate of drug-likeness (QED) is 0.700. The van der Waals surface area contributed by atoms with Gasteiger partial charge in [0.1, 0.15) is 0 Å². The van der Waals surface area contributed by atoms with Gasteiger partial charge in [-0.25, -0.2) is 4.79 Å². The first-order valence-electron chi connectivity index (χ1n) is 3.53. The molecule has 1 rings (SSSR count). The van der Waals surface area contributed by atoms with Crippen molar-refractivity contribution in [3.05, 3.63) is 17.4 Å². The first-order valence-corrected chi connectivity index (χ1v) is 3.90. The van der Waals surface area contributed by atoms with Crippen LogP contribution in [-0.2, 0) is 4.79 Å². The van der Waals surface area contributed by atoms with Gasteiger partial charge in [0.05, 0.1) is 12.1 Å². The van der Waals surface area contributed by atoms with Crippen molar-refractivity contribution in [2.45, 2.75) is 13.8 Å². The van der Waals surface area contributed by atoms with Gasteiger partial charge in [-0.2, -0.15) is 0 Å². The van der Waals surface area contributed by atoms with Crippen molar-refractivity contribution in [3.63, 3.8) is 0 Å². The van der Waals surface area contributed by atoms with Crippen molar-refractivity contribution < 1.29 is 9.63 Å². The zero-order valence-corrected chi connectivity index (χ0v) is 7.58. The van der Waals surface area contributed by atoms with E-state index in [1.807, 2.05) is 0 Å². The first-order chi connectivity index (χ1) is 5.61. The number of aromatic nitrogens is 2. The van der Waals surface area contributed by atoms with Crippen molar-refractivity contribution in [2.24, 2.45) is 5.92 Å². The first kappa shape index (κ1) is 9.06. The van der Waals surface area contributed by atoms with Gasteiger partial charge in [-0.3, -0.25) is 0 Å². The standard InChI is InChI=1S/C7H9ClN2O2/c1-5(2)7(11)12-10-6(8)3-4-9-10/h3-5H,1-2H3. The van der Waals surface area contributed by atoms with E-state index in [1.165, 1.54) is 12.3 Å². The van der Waals surface area contributed by atoms with Gasteiger partial charge in [0.25, 0.3) is 0 Å². The maximum atomic E-state index is 11.0. The third-order valence-corrected chi connectivity index (χ3v) is 1.48. The van der Waals surface area contributed by atoms with Crippen LogP contribution in [0.1, 0.15) is 13.8 Å². The lowest BCUT2D eigenvalue weighted by atomic mass is 10.2. The molecule has 0 N–H and O–H groups in total. The van der Waals surface area contributed by atoms with Crippen LogP contribution in [0, 0.1) is 5.92 Å². The van der Waals surface area contributed by atoms with Crippen LogP contribution in [0.25, 0.3) is 0 Å². The van der Waals surface area contributed by atoms with E-state index < -0.39 is 0 Å². The summed E-state index contributed by atoms with van der Waals surface area (Å²) in [5, 5.41) is 3.96. The number of nitrogens with zero attached hydrogens (tertiary/aromatic N) is 2. The fourth-order valence-electron chi connectivity index (χ4n) is 0.532. The molecule has 1 aromatic rings. The lowest BCUT2D eigenvalue weighted by molar-refractivity contribution is -0.149.